The van der Waals surface area contributed by atoms with Crippen molar-refractivity contribution in [3.8, 4) is 6.07 Å². The minimum absolute atomic E-state index is 0.193. The molecule has 1 aliphatic rings. The van der Waals surface area contributed by atoms with Gasteiger partial charge in [-0.05, 0) is 35.9 Å². The van der Waals surface area contributed by atoms with Crippen LogP contribution in [0.15, 0.2) is 52.8 Å². The molecule has 0 spiro atoms. The molecule has 0 saturated heterocycles. The highest BCUT2D eigenvalue weighted by Crippen LogP contribution is 2.37. The van der Waals surface area contributed by atoms with Gasteiger partial charge in [-0.1, -0.05) is 29.0 Å². The second kappa shape index (κ2) is 6.13. The molecule has 3 rings (SSSR count). The zero-order chi connectivity index (χ0) is 17.3. The van der Waals surface area contributed by atoms with E-state index in [9.17, 15) is 18.4 Å². The summed E-state index contributed by atoms with van der Waals surface area (Å²) in [5.74, 6) is 0. The fourth-order valence-electron chi connectivity index (χ4n) is 2.50. The third kappa shape index (κ3) is 3.05. The summed E-state index contributed by atoms with van der Waals surface area (Å²) in [6, 6.07) is 11.2. The number of hydrogen-bond acceptors (Lipinski definition) is 4. The lowest BCUT2D eigenvalue weighted by Crippen LogP contribution is -2.22. The van der Waals surface area contributed by atoms with Gasteiger partial charge in [0.25, 0.3) is 0 Å². The average Bonchev–Trinajstić information content (AvgIpc) is 3.03. The molecule has 1 atom stereocenters. The molecular weight excluding hydrogens is 341 g/mol. The Kier molecular flexibility index (Phi) is 4.16. The minimum Gasteiger partial charge on any atom is -0.236 e. The number of rotatable bonds is 2. The van der Waals surface area contributed by atoms with Crippen molar-refractivity contribution in [3.63, 3.8) is 0 Å². The smallest absolute Gasteiger partial charge is 0.236 e. The Morgan fingerprint density at radius 2 is 2.00 bits per heavy atom. The molecule has 2 aromatic rings. The Balaban J connectivity index is 2.02. The van der Waals surface area contributed by atoms with E-state index in [1.54, 1.807) is 18.2 Å². The van der Waals surface area contributed by atoms with Crippen LogP contribution in [0.2, 0.25) is 5.02 Å². The van der Waals surface area contributed by atoms with Gasteiger partial charge >= 0.3 is 6.18 Å². The van der Waals surface area contributed by atoms with Gasteiger partial charge in [0, 0.05) is 5.02 Å². The first-order chi connectivity index (χ1) is 11.4. The summed E-state index contributed by atoms with van der Waals surface area (Å²) in [6.45, 7) is 0.193. The van der Waals surface area contributed by atoms with Crippen molar-refractivity contribution in [2.24, 2.45) is 10.3 Å². The Hall–Kier alpha value is -2.59. The van der Waals surface area contributed by atoms with E-state index in [2.05, 4.69) is 10.3 Å². The largest absolute Gasteiger partial charge is 0.416 e. The molecule has 122 valence electrons. The molecule has 0 amide bonds. The zero-order valence-electron chi connectivity index (χ0n) is 12.1. The summed E-state index contributed by atoms with van der Waals surface area (Å²) >= 11 is 5.97. The normalized spacial score (nSPS) is 17.1. The van der Waals surface area contributed by atoms with Crippen molar-refractivity contribution in [1.82, 2.24) is 0 Å². The predicted octanol–water partition coefficient (Wildman–Crippen LogP) is 5.16. The second-order valence-corrected chi connectivity index (χ2v) is 5.61. The molecule has 0 fully saturated rings. The van der Waals surface area contributed by atoms with E-state index in [-0.39, 0.29) is 6.54 Å². The van der Waals surface area contributed by atoms with Gasteiger partial charge in [0.2, 0.25) is 0 Å². The lowest BCUT2D eigenvalue weighted by Gasteiger charge is -2.23. The summed E-state index contributed by atoms with van der Waals surface area (Å²) in [7, 11) is 0. The third-order valence-corrected chi connectivity index (χ3v) is 3.87. The molecule has 0 N–H and O–H groups in total. The van der Waals surface area contributed by atoms with E-state index in [4.69, 9.17) is 11.6 Å². The first-order valence-electron chi connectivity index (χ1n) is 6.93. The summed E-state index contributed by atoms with van der Waals surface area (Å²) in [5.41, 5.74) is 0.406. The van der Waals surface area contributed by atoms with Crippen molar-refractivity contribution in [2.45, 2.75) is 12.2 Å². The lowest BCUT2D eigenvalue weighted by molar-refractivity contribution is -0.137. The van der Waals surface area contributed by atoms with Crippen LogP contribution < -0.4 is 5.01 Å². The molecule has 0 aliphatic carbocycles. The number of hydrogen-bond donors (Lipinski definition) is 0. The SMILES string of the molecule is N#Cc1ccc(Cl)cc1N1N=NCC1c1cccc(C(F)(F)F)c1. The number of halogens is 4. The molecule has 2 aromatic carbocycles. The van der Waals surface area contributed by atoms with E-state index >= 15 is 0 Å². The maximum absolute atomic E-state index is 12.9. The van der Waals surface area contributed by atoms with Crippen LogP contribution in [0.1, 0.15) is 22.7 Å². The average molecular weight is 351 g/mol. The molecule has 4 nitrogen and oxygen atoms in total. The molecule has 1 heterocycles. The number of nitrogens with zero attached hydrogens (tertiary/aromatic N) is 4. The van der Waals surface area contributed by atoms with Gasteiger partial charge in [0.05, 0.1) is 23.4 Å². The van der Waals surface area contributed by atoms with Crippen LogP contribution in [0, 0.1) is 11.3 Å². The topological polar surface area (TPSA) is 51.8 Å². The highest BCUT2D eigenvalue weighted by Gasteiger charge is 2.33. The van der Waals surface area contributed by atoms with Crippen molar-refractivity contribution >= 4 is 17.3 Å². The molecule has 24 heavy (non-hydrogen) atoms. The Morgan fingerprint density at radius 1 is 1.21 bits per heavy atom. The molecule has 0 aromatic heterocycles. The van der Waals surface area contributed by atoms with Gasteiger partial charge in [-0.25, -0.2) is 5.01 Å². The van der Waals surface area contributed by atoms with E-state index in [0.29, 0.717) is 21.8 Å². The first-order valence-corrected chi connectivity index (χ1v) is 7.31. The molecule has 1 aliphatic heterocycles. The van der Waals surface area contributed by atoms with Crippen LogP contribution in [0.5, 0.6) is 0 Å². The monoisotopic (exact) mass is 350 g/mol. The first kappa shape index (κ1) is 16.3. The fourth-order valence-corrected chi connectivity index (χ4v) is 2.66. The van der Waals surface area contributed by atoms with E-state index in [0.717, 1.165) is 12.1 Å². The maximum atomic E-state index is 12.9. The molecule has 0 saturated carbocycles. The summed E-state index contributed by atoms with van der Waals surface area (Å²) in [5, 5.41) is 18.9. The molecule has 8 heteroatoms. The van der Waals surface area contributed by atoms with E-state index in [1.807, 2.05) is 6.07 Å². The van der Waals surface area contributed by atoms with Crippen LogP contribution in [0.3, 0.4) is 0 Å². The van der Waals surface area contributed by atoms with Gasteiger partial charge in [-0.2, -0.15) is 23.5 Å². The van der Waals surface area contributed by atoms with Crippen molar-refractivity contribution in [2.75, 3.05) is 11.6 Å². The van der Waals surface area contributed by atoms with Crippen molar-refractivity contribution in [3.05, 3.63) is 64.2 Å². The third-order valence-electron chi connectivity index (χ3n) is 3.64. The molecular formula is C16H10ClF3N4. The Bertz CT molecular complexity index is 842. The highest BCUT2D eigenvalue weighted by molar-refractivity contribution is 6.30. The minimum atomic E-state index is -4.43. The van der Waals surface area contributed by atoms with Gasteiger partial charge in [-0.3, -0.25) is 0 Å². The second-order valence-electron chi connectivity index (χ2n) is 5.17. The standard InChI is InChI=1S/C16H10ClF3N4/c17-13-5-4-11(8-21)14(7-13)24-15(9-22-23-24)10-2-1-3-12(6-10)16(18,19)20/h1-7,15H,9H2. The van der Waals surface area contributed by atoms with Crippen LogP contribution in [0.25, 0.3) is 0 Å². The Morgan fingerprint density at radius 3 is 2.71 bits per heavy atom. The summed E-state index contributed by atoms with van der Waals surface area (Å²) < 4.78 is 38.8. The molecule has 0 radical (unpaired) electrons. The van der Waals surface area contributed by atoms with Crippen molar-refractivity contribution in [1.29, 1.82) is 5.26 Å². The number of nitriles is 1. The quantitative estimate of drug-likeness (QED) is 0.751. The zero-order valence-corrected chi connectivity index (χ0v) is 12.9. The predicted molar refractivity (Wildman–Crippen MR) is 82.6 cm³/mol. The number of alkyl halides is 3. The van der Waals surface area contributed by atoms with Crippen LogP contribution in [0.4, 0.5) is 18.9 Å². The van der Waals surface area contributed by atoms with Crippen LogP contribution in [-0.2, 0) is 6.18 Å². The number of benzene rings is 2. The number of anilines is 1. The van der Waals surface area contributed by atoms with Crippen molar-refractivity contribution < 1.29 is 13.2 Å². The fraction of sp³-hybridized carbons (Fsp3) is 0.188. The van der Waals surface area contributed by atoms with Gasteiger partial charge in [0.1, 0.15) is 12.1 Å². The highest BCUT2D eigenvalue weighted by atomic mass is 35.5. The van der Waals surface area contributed by atoms with E-state index in [1.165, 1.54) is 17.1 Å². The van der Waals surface area contributed by atoms with Gasteiger partial charge in [0.15, 0.2) is 0 Å². The van der Waals surface area contributed by atoms with E-state index < -0.39 is 17.8 Å². The van der Waals surface area contributed by atoms with Gasteiger partial charge < -0.3 is 0 Å². The maximum Gasteiger partial charge on any atom is 0.416 e. The Labute approximate surface area is 140 Å². The van der Waals surface area contributed by atoms with Gasteiger partial charge in [-0.15, -0.1) is 0 Å². The summed E-state index contributed by atoms with van der Waals surface area (Å²) in [6.07, 6.45) is -4.43. The lowest BCUT2D eigenvalue weighted by atomic mass is 10.0. The molecule has 0 bridgehead atoms. The van der Waals surface area contributed by atoms with Crippen LogP contribution in [-0.4, -0.2) is 6.54 Å². The van der Waals surface area contributed by atoms with Crippen LogP contribution >= 0.6 is 11.6 Å². The summed E-state index contributed by atoms with van der Waals surface area (Å²) in [4.78, 5) is 0. The molecule has 1 unspecified atom stereocenters.